The van der Waals surface area contributed by atoms with Crippen molar-refractivity contribution in [3.05, 3.63) is 58.0 Å². The molecule has 0 saturated heterocycles. The fraction of sp³-hybridized carbons (Fsp3) is 0.312. The number of benzene rings is 1. The molecule has 1 aromatic carbocycles. The molecule has 2 rings (SSSR count). The van der Waals surface area contributed by atoms with E-state index in [4.69, 9.17) is 4.42 Å². The predicted molar refractivity (Wildman–Crippen MR) is 75.3 cm³/mol. The first kappa shape index (κ1) is 13.4. The lowest BCUT2D eigenvalue weighted by atomic mass is 10.00. The van der Waals surface area contributed by atoms with E-state index in [0.717, 1.165) is 5.56 Å². The Bertz CT molecular complexity index is 588. The van der Waals surface area contributed by atoms with E-state index < -0.39 is 0 Å². The summed E-state index contributed by atoms with van der Waals surface area (Å²) in [6.07, 6.45) is 1.53. The van der Waals surface area contributed by atoms with Crippen molar-refractivity contribution in [2.75, 3.05) is 0 Å². The molecule has 19 heavy (non-hydrogen) atoms. The predicted octanol–water partition coefficient (Wildman–Crippen LogP) is 3.44. The molecule has 3 heteroatoms. The highest BCUT2D eigenvalue weighted by atomic mass is 16.3. The number of aryl methyl sites for hydroxylation is 4. The molecule has 0 spiro atoms. The van der Waals surface area contributed by atoms with E-state index in [2.05, 4.69) is 38.2 Å². The minimum atomic E-state index is -0.165. The van der Waals surface area contributed by atoms with Crippen molar-refractivity contribution in [2.24, 2.45) is 0 Å². The average molecular weight is 257 g/mol. The quantitative estimate of drug-likeness (QED) is 0.915. The summed E-state index contributed by atoms with van der Waals surface area (Å²) in [6, 6.07) is 6.05. The van der Waals surface area contributed by atoms with Crippen LogP contribution in [0.15, 0.2) is 28.9 Å². The lowest BCUT2D eigenvalue weighted by Crippen LogP contribution is -2.23. The molecular formula is C16H19NO2. The summed E-state index contributed by atoms with van der Waals surface area (Å²) >= 11 is 0. The average Bonchev–Trinajstić information content (AvgIpc) is 2.73. The van der Waals surface area contributed by atoms with Crippen molar-refractivity contribution in [1.82, 2.24) is 5.32 Å². The van der Waals surface area contributed by atoms with Gasteiger partial charge in [-0.1, -0.05) is 17.7 Å². The molecule has 1 aromatic heterocycles. The van der Waals surface area contributed by atoms with Crippen LogP contribution in [0.4, 0.5) is 0 Å². The Morgan fingerprint density at radius 2 is 1.74 bits per heavy atom. The first-order valence-electron chi connectivity index (χ1n) is 6.38. The summed E-state index contributed by atoms with van der Waals surface area (Å²) in [4.78, 5) is 12.0. The van der Waals surface area contributed by atoms with Crippen LogP contribution in [-0.4, -0.2) is 5.91 Å². The van der Waals surface area contributed by atoms with Crippen molar-refractivity contribution < 1.29 is 9.21 Å². The molecule has 0 fully saturated rings. The van der Waals surface area contributed by atoms with E-state index in [0.29, 0.717) is 12.3 Å². The molecule has 100 valence electrons. The number of amides is 1. The van der Waals surface area contributed by atoms with Crippen LogP contribution < -0.4 is 5.32 Å². The van der Waals surface area contributed by atoms with E-state index >= 15 is 0 Å². The van der Waals surface area contributed by atoms with E-state index in [1.807, 2.05) is 6.92 Å². The second-order valence-corrected chi connectivity index (χ2v) is 4.99. The van der Waals surface area contributed by atoms with Gasteiger partial charge in [0.15, 0.2) is 5.76 Å². The zero-order valence-corrected chi connectivity index (χ0v) is 11.8. The molecule has 1 heterocycles. The van der Waals surface area contributed by atoms with Crippen LogP contribution in [0.5, 0.6) is 0 Å². The molecule has 0 aliphatic carbocycles. The number of nitrogens with one attached hydrogen (secondary N) is 1. The largest absolute Gasteiger partial charge is 0.459 e. The fourth-order valence-corrected chi connectivity index (χ4v) is 2.34. The van der Waals surface area contributed by atoms with Crippen LogP contribution in [0.3, 0.4) is 0 Å². The van der Waals surface area contributed by atoms with Crippen molar-refractivity contribution in [2.45, 2.75) is 34.2 Å². The van der Waals surface area contributed by atoms with Gasteiger partial charge in [-0.15, -0.1) is 0 Å². The van der Waals surface area contributed by atoms with Gasteiger partial charge in [-0.3, -0.25) is 4.79 Å². The summed E-state index contributed by atoms with van der Waals surface area (Å²) in [7, 11) is 0. The molecule has 0 aliphatic heterocycles. The molecule has 2 aromatic rings. The monoisotopic (exact) mass is 257 g/mol. The summed E-state index contributed by atoms with van der Waals surface area (Å²) in [5, 5.41) is 2.91. The molecule has 1 amide bonds. The molecule has 0 saturated carbocycles. The molecule has 0 unspecified atom stereocenters. The van der Waals surface area contributed by atoms with Crippen LogP contribution in [-0.2, 0) is 6.54 Å². The number of carbonyl (C=O) groups excluding carboxylic acids is 1. The summed E-state index contributed by atoms with van der Waals surface area (Å²) in [5.41, 5.74) is 5.67. The van der Waals surface area contributed by atoms with Gasteiger partial charge in [0.05, 0.1) is 6.26 Å². The highest BCUT2D eigenvalue weighted by molar-refractivity contribution is 5.92. The Hall–Kier alpha value is -2.03. The molecule has 0 radical (unpaired) electrons. The maximum Gasteiger partial charge on any atom is 0.287 e. The van der Waals surface area contributed by atoms with Gasteiger partial charge in [0.1, 0.15) is 0 Å². The Morgan fingerprint density at radius 3 is 2.26 bits per heavy atom. The summed E-state index contributed by atoms with van der Waals surface area (Å²) < 4.78 is 5.18. The normalized spacial score (nSPS) is 10.5. The van der Waals surface area contributed by atoms with Gasteiger partial charge in [-0.05, 0) is 50.5 Å². The third kappa shape index (κ3) is 2.87. The minimum Gasteiger partial charge on any atom is -0.459 e. The Kier molecular flexibility index (Phi) is 3.74. The minimum absolute atomic E-state index is 0.165. The van der Waals surface area contributed by atoms with Crippen molar-refractivity contribution in [3.8, 4) is 0 Å². The highest BCUT2D eigenvalue weighted by Gasteiger charge is 2.13. The lowest BCUT2D eigenvalue weighted by molar-refractivity contribution is 0.0922. The van der Waals surface area contributed by atoms with Crippen molar-refractivity contribution in [3.63, 3.8) is 0 Å². The van der Waals surface area contributed by atoms with Gasteiger partial charge < -0.3 is 9.73 Å². The second kappa shape index (κ2) is 5.31. The van der Waals surface area contributed by atoms with Crippen LogP contribution in [0.25, 0.3) is 0 Å². The highest BCUT2D eigenvalue weighted by Crippen LogP contribution is 2.16. The van der Waals surface area contributed by atoms with Crippen LogP contribution in [0, 0.1) is 27.7 Å². The molecule has 1 N–H and O–H groups in total. The first-order valence-corrected chi connectivity index (χ1v) is 6.38. The zero-order chi connectivity index (χ0) is 14.0. The van der Waals surface area contributed by atoms with Gasteiger partial charge in [0.25, 0.3) is 5.91 Å². The molecule has 0 bridgehead atoms. The molecule has 0 atom stereocenters. The maximum atomic E-state index is 12.0. The molecular weight excluding hydrogens is 238 g/mol. The Morgan fingerprint density at radius 1 is 1.11 bits per heavy atom. The number of rotatable bonds is 3. The maximum absolute atomic E-state index is 12.0. The van der Waals surface area contributed by atoms with Gasteiger partial charge in [0, 0.05) is 12.1 Å². The number of hydrogen-bond acceptors (Lipinski definition) is 2. The van der Waals surface area contributed by atoms with Crippen molar-refractivity contribution in [1.29, 1.82) is 0 Å². The van der Waals surface area contributed by atoms with E-state index in [1.54, 1.807) is 6.07 Å². The SMILES string of the molecule is Cc1cc(C)c(CNC(=O)c2occc2C)c(C)c1. The van der Waals surface area contributed by atoms with Gasteiger partial charge in [-0.2, -0.15) is 0 Å². The first-order chi connectivity index (χ1) is 8.99. The number of carbonyl (C=O) groups is 1. The Balaban J connectivity index is 2.12. The zero-order valence-electron chi connectivity index (χ0n) is 11.8. The van der Waals surface area contributed by atoms with Crippen molar-refractivity contribution >= 4 is 5.91 Å². The fourth-order valence-electron chi connectivity index (χ4n) is 2.34. The summed E-state index contributed by atoms with van der Waals surface area (Å²) in [6.45, 7) is 8.60. The van der Waals surface area contributed by atoms with Crippen LogP contribution in [0.1, 0.15) is 38.4 Å². The van der Waals surface area contributed by atoms with Gasteiger partial charge >= 0.3 is 0 Å². The standard InChI is InChI=1S/C16H19NO2/c1-10-7-12(3)14(13(4)8-10)9-17-16(18)15-11(2)5-6-19-15/h5-8H,9H2,1-4H3,(H,17,18). The van der Waals surface area contributed by atoms with Gasteiger partial charge in [0.2, 0.25) is 0 Å². The van der Waals surface area contributed by atoms with E-state index in [-0.39, 0.29) is 5.91 Å². The Labute approximate surface area is 113 Å². The smallest absolute Gasteiger partial charge is 0.287 e. The van der Waals surface area contributed by atoms with Crippen LogP contribution >= 0.6 is 0 Å². The van der Waals surface area contributed by atoms with Gasteiger partial charge in [-0.25, -0.2) is 0 Å². The van der Waals surface area contributed by atoms with E-state index in [9.17, 15) is 4.79 Å². The summed E-state index contributed by atoms with van der Waals surface area (Å²) in [5.74, 6) is 0.226. The molecule has 0 aliphatic rings. The third-order valence-corrected chi connectivity index (χ3v) is 3.33. The second-order valence-electron chi connectivity index (χ2n) is 4.99. The third-order valence-electron chi connectivity index (χ3n) is 3.33. The van der Waals surface area contributed by atoms with E-state index in [1.165, 1.54) is 28.5 Å². The van der Waals surface area contributed by atoms with Crippen LogP contribution in [0.2, 0.25) is 0 Å². The number of hydrogen-bond donors (Lipinski definition) is 1. The lowest BCUT2D eigenvalue weighted by Gasteiger charge is -2.12. The molecule has 3 nitrogen and oxygen atoms in total. The topological polar surface area (TPSA) is 42.2 Å². The number of furan rings is 1.